The van der Waals surface area contributed by atoms with Crippen LogP contribution in [0.3, 0.4) is 0 Å². The van der Waals surface area contributed by atoms with E-state index in [1.54, 1.807) is 22.9 Å². The lowest BCUT2D eigenvalue weighted by Gasteiger charge is -2.10. The first kappa shape index (κ1) is 19.5. The topological polar surface area (TPSA) is 97.2 Å². The van der Waals surface area contributed by atoms with E-state index in [1.165, 1.54) is 31.5 Å². The predicted molar refractivity (Wildman–Crippen MR) is 106 cm³/mol. The summed E-state index contributed by atoms with van der Waals surface area (Å²) < 4.78 is 28.1. The Bertz CT molecular complexity index is 1110. The predicted octanol–water partition coefficient (Wildman–Crippen LogP) is 2.88. The van der Waals surface area contributed by atoms with E-state index in [0.29, 0.717) is 21.0 Å². The summed E-state index contributed by atoms with van der Waals surface area (Å²) in [7, 11) is -0.557. The maximum absolute atomic E-state index is 12.6. The fourth-order valence-electron chi connectivity index (χ4n) is 2.57. The summed E-state index contributed by atoms with van der Waals surface area (Å²) in [5.74, 6) is -0.301. The lowest BCUT2D eigenvalue weighted by atomic mass is 10.3. The van der Waals surface area contributed by atoms with E-state index in [-0.39, 0.29) is 16.8 Å². The van der Waals surface area contributed by atoms with Crippen LogP contribution in [0.2, 0.25) is 0 Å². The van der Waals surface area contributed by atoms with Crippen LogP contribution in [-0.4, -0.2) is 47.5 Å². The fourth-order valence-corrected chi connectivity index (χ4v) is 4.47. The van der Waals surface area contributed by atoms with Gasteiger partial charge in [-0.2, -0.15) is 5.10 Å². The number of nitrogens with one attached hydrogen (secondary N) is 1. The molecule has 0 fully saturated rings. The van der Waals surface area contributed by atoms with E-state index >= 15 is 0 Å². The van der Waals surface area contributed by atoms with Gasteiger partial charge in [-0.25, -0.2) is 17.7 Å². The molecule has 1 amide bonds. The van der Waals surface area contributed by atoms with Crippen LogP contribution in [0.5, 0.6) is 0 Å². The fraction of sp³-hybridized carbons (Fsp3) is 0.353. The van der Waals surface area contributed by atoms with E-state index in [1.807, 2.05) is 20.8 Å². The maximum atomic E-state index is 12.6. The van der Waals surface area contributed by atoms with Gasteiger partial charge in [0.15, 0.2) is 5.13 Å². The number of rotatable bonds is 5. The third-order valence-corrected chi connectivity index (χ3v) is 6.68. The van der Waals surface area contributed by atoms with Crippen LogP contribution < -0.4 is 5.32 Å². The van der Waals surface area contributed by atoms with E-state index in [4.69, 9.17) is 0 Å². The summed E-state index contributed by atoms with van der Waals surface area (Å²) in [4.78, 5) is 17.2. The molecule has 1 N–H and O–H groups in total. The Morgan fingerprint density at radius 2 is 1.96 bits per heavy atom. The third kappa shape index (κ3) is 3.73. The van der Waals surface area contributed by atoms with E-state index < -0.39 is 10.0 Å². The van der Waals surface area contributed by atoms with Gasteiger partial charge in [-0.1, -0.05) is 11.3 Å². The highest BCUT2D eigenvalue weighted by Crippen LogP contribution is 2.29. The molecule has 2 aromatic heterocycles. The van der Waals surface area contributed by atoms with Crippen LogP contribution in [0.15, 0.2) is 29.2 Å². The zero-order valence-electron chi connectivity index (χ0n) is 15.7. The van der Waals surface area contributed by atoms with Gasteiger partial charge in [-0.3, -0.25) is 14.8 Å². The molecule has 144 valence electrons. The normalized spacial score (nSPS) is 12.3. The van der Waals surface area contributed by atoms with Crippen molar-refractivity contribution in [3.8, 4) is 0 Å². The third-order valence-electron chi connectivity index (χ3n) is 3.94. The number of fused-ring (bicyclic) bond motifs is 1. The highest BCUT2D eigenvalue weighted by Gasteiger charge is 2.20. The number of anilines is 1. The molecule has 2 heterocycles. The van der Waals surface area contributed by atoms with Crippen molar-refractivity contribution in [2.45, 2.75) is 31.7 Å². The molecule has 0 saturated heterocycles. The number of aryl methyl sites for hydroxylation is 1. The second-order valence-electron chi connectivity index (χ2n) is 6.60. The van der Waals surface area contributed by atoms with Gasteiger partial charge in [0.25, 0.3) is 5.91 Å². The number of aromatic nitrogens is 3. The van der Waals surface area contributed by atoms with Crippen molar-refractivity contribution in [1.82, 2.24) is 19.1 Å². The van der Waals surface area contributed by atoms with E-state index in [2.05, 4.69) is 15.4 Å². The molecule has 10 heteroatoms. The van der Waals surface area contributed by atoms with Gasteiger partial charge in [0.1, 0.15) is 5.69 Å². The molecule has 8 nitrogen and oxygen atoms in total. The van der Waals surface area contributed by atoms with Crippen LogP contribution >= 0.6 is 11.3 Å². The molecule has 0 saturated carbocycles. The molecule has 3 aromatic rings. The lowest BCUT2D eigenvalue weighted by molar-refractivity contribution is 0.101. The highest BCUT2D eigenvalue weighted by atomic mass is 32.2. The molecule has 3 rings (SSSR count). The molecule has 0 bridgehead atoms. The number of nitrogens with zero attached hydrogens (tertiary/aromatic N) is 4. The average molecular weight is 408 g/mol. The first-order chi connectivity index (χ1) is 12.6. The van der Waals surface area contributed by atoms with Gasteiger partial charge in [0.2, 0.25) is 10.0 Å². The van der Waals surface area contributed by atoms with Crippen molar-refractivity contribution in [2.24, 2.45) is 0 Å². The molecule has 0 radical (unpaired) electrons. The molecule has 27 heavy (non-hydrogen) atoms. The minimum atomic E-state index is -3.52. The zero-order chi connectivity index (χ0) is 19.9. The van der Waals surface area contributed by atoms with Crippen molar-refractivity contribution in [2.75, 3.05) is 19.4 Å². The van der Waals surface area contributed by atoms with Gasteiger partial charge in [0, 0.05) is 20.1 Å². The van der Waals surface area contributed by atoms with Crippen molar-refractivity contribution in [3.63, 3.8) is 0 Å². The Kier molecular flexibility index (Phi) is 5.06. The molecule has 0 atom stereocenters. The largest absolute Gasteiger partial charge is 0.296 e. The monoisotopic (exact) mass is 407 g/mol. The Hall–Kier alpha value is -2.30. The van der Waals surface area contributed by atoms with E-state index in [9.17, 15) is 13.2 Å². The van der Waals surface area contributed by atoms with Gasteiger partial charge >= 0.3 is 0 Å². The first-order valence-electron chi connectivity index (χ1n) is 8.30. The molecular formula is C17H21N5O3S2. The number of amides is 1. The summed E-state index contributed by atoms with van der Waals surface area (Å²) in [6.45, 7) is 5.74. The summed E-state index contributed by atoms with van der Waals surface area (Å²) in [6, 6.07) is 6.50. The Morgan fingerprint density at radius 3 is 2.59 bits per heavy atom. The van der Waals surface area contributed by atoms with Crippen molar-refractivity contribution < 1.29 is 13.2 Å². The van der Waals surface area contributed by atoms with Gasteiger partial charge < -0.3 is 0 Å². The lowest BCUT2D eigenvalue weighted by Crippen LogP contribution is -2.22. The molecule has 0 aliphatic rings. The number of sulfonamides is 1. The summed E-state index contributed by atoms with van der Waals surface area (Å²) in [5, 5.41) is 7.53. The Labute approximate surface area is 161 Å². The van der Waals surface area contributed by atoms with Crippen LogP contribution in [0.25, 0.3) is 10.2 Å². The number of benzene rings is 1. The SMILES string of the molecule is Cc1cc(C(=O)Nc2nc3ccc(S(=O)(=O)N(C)C)cc3s2)n(C(C)C)n1. The van der Waals surface area contributed by atoms with E-state index in [0.717, 1.165) is 10.00 Å². The second kappa shape index (κ2) is 7.02. The van der Waals surface area contributed by atoms with Crippen LogP contribution in [0.1, 0.15) is 36.1 Å². The molecule has 0 aliphatic heterocycles. The number of hydrogen-bond donors (Lipinski definition) is 1. The molecular weight excluding hydrogens is 386 g/mol. The Balaban J connectivity index is 1.91. The highest BCUT2D eigenvalue weighted by molar-refractivity contribution is 7.89. The average Bonchev–Trinajstić information content (AvgIpc) is 3.16. The van der Waals surface area contributed by atoms with Crippen LogP contribution in [0, 0.1) is 6.92 Å². The number of carbonyl (C=O) groups excluding carboxylic acids is 1. The summed E-state index contributed by atoms with van der Waals surface area (Å²) in [5.41, 5.74) is 1.84. The zero-order valence-corrected chi connectivity index (χ0v) is 17.3. The minimum absolute atomic E-state index is 0.0496. The van der Waals surface area contributed by atoms with Crippen molar-refractivity contribution >= 4 is 42.6 Å². The molecule has 1 aromatic carbocycles. The molecule has 0 unspecified atom stereocenters. The van der Waals surface area contributed by atoms with Crippen molar-refractivity contribution in [3.05, 3.63) is 35.7 Å². The molecule has 0 aliphatic carbocycles. The number of carbonyl (C=O) groups is 1. The minimum Gasteiger partial charge on any atom is -0.296 e. The van der Waals surface area contributed by atoms with Gasteiger partial charge in [-0.05, 0) is 45.0 Å². The smallest absolute Gasteiger partial charge is 0.275 e. The quantitative estimate of drug-likeness (QED) is 0.701. The Morgan fingerprint density at radius 1 is 1.26 bits per heavy atom. The van der Waals surface area contributed by atoms with Gasteiger partial charge in [0.05, 0.1) is 20.8 Å². The second-order valence-corrected chi connectivity index (χ2v) is 9.78. The van der Waals surface area contributed by atoms with Gasteiger partial charge in [-0.15, -0.1) is 0 Å². The summed E-state index contributed by atoms with van der Waals surface area (Å²) >= 11 is 1.23. The first-order valence-corrected chi connectivity index (χ1v) is 10.6. The van der Waals surface area contributed by atoms with Crippen LogP contribution in [-0.2, 0) is 10.0 Å². The summed E-state index contributed by atoms with van der Waals surface area (Å²) in [6.07, 6.45) is 0. The number of thiazole rings is 1. The number of hydrogen-bond acceptors (Lipinski definition) is 6. The maximum Gasteiger partial charge on any atom is 0.275 e. The van der Waals surface area contributed by atoms with Crippen molar-refractivity contribution in [1.29, 1.82) is 0 Å². The van der Waals surface area contributed by atoms with Crippen LogP contribution in [0.4, 0.5) is 5.13 Å². The molecule has 0 spiro atoms. The standard InChI is InChI=1S/C17H21N5O3S2/c1-10(2)22-14(8-11(3)20-22)16(23)19-17-18-13-7-6-12(9-15(13)26-17)27(24,25)21(4)5/h6-10H,1-5H3,(H,18,19,23).